The molecule has 3 heteroatoms. The summed E-state index contributed by atoms with van der Waals surface area (Å²) in [6, 6.07) is -0.463. The van der Waals surface area contributed by atoms with Gasteiger partial charge in [-0.15, -0.1) is 0 Å². The maximum absolute atomic E-state index is 10.8. The summed E-state index contributed by atoms with van der Waals surface area (Å²) >= 11 is 0. The van der Waals surface area contributed by atoms with Crippen LogP contribution in [0.3, 0.4) is 0 Å². The molecule has 0 saturated carbocycles. The van der Waals surface area contributed by atoms with Crippen molar-refractivity contribution in [2.75, 3.05) is 7.11 Å². The molecule has 3 nitrogen and oxygen atoms in total. The van der Waals surface area contributed by atoms with Crippen LogP contribution < -0.4 is 5.73 Å². The van der Waals surface area contributed by atoms with E-state index in [0.717, 1.165) is 6.42 Å². The van der Waals surface area contributed by atoms with Crippen LogP contribution in [0.1, 0.15) is 20.3 Å². The summed E-state index contributed by atoms with van der Waals surface area (Å²) in [7, 11) is 1.35. The van der Waals surface area contributed by atoms with E-state index in [1.54, 1.807) is 0 Å². The van der Waals surface area contributed by atoms with Crippen molar-refractivity contribution < 1.29 is 9.53 Å². The minimum absolute atomic E-state index is 0.201. The number of nitrogens with two attached hydrogens (primary N) is 1. The summed E-state index contributed by atoms with van der Waals surface area (Å²) in [5.41, 5.74) is 5.51. The van der Waals surface area contributed by atoms with Crippen LogP contribution >= 0.6 is 0 Å². The number of carbonyl (C=O) groups is 1. The minimum Gasteiger partial charge on any atom is -0.468 e. The lowest BCUT2D eigenvalue weighted by atomic mass is 10.0. The molecule has 0 amide bonds. The molecule has 0 saturated heterocycles. The van der Waals surface area contributed by atoms with Crippen molar-refractivity contribution in [2.24, 2.45) is 11.7 Å². The molecule has 0 aliphatic heterocycles. The maximum Gasteiger partial charge on any atom is 0.322 e. The van der Waals surface area contributed by atoms with Gasteiger partial charge in [0.1, 0.15) is 6.04 Å². The largest absolute Gasteiger partial charge is 0.468 e. The Hall–Kier alpha value is -0.570. The van der Waals surface area contributed by atoms with Crippen LogP contribution in [0.25, 0.3) is 0 Å². The van der Waals surface area contributed by atoms with E-state index in [1.165, 1.54) is 7.11 Å². The third-order valence-corrected chi connectivity index (χ3v) is 1.73. The van der Waals surface area contributed by atoms with Crippen LogP contribution in [0.4, 0.5) is 0 Å². The molecular weight excluding hydrogens is 130 g/mol. The van der Waals surface area contributed by atoms with E-state index in [2.05, 4.69) is 4.74 Å². The SMILES string of the molecule is CC[C@@H](C)[C@@H](N)C(=O)OC. The highest BCUT2D eigenvalue weighted by molar-refractivity contribution is 5.75. The predicted octanol–water partition coefficient (Wildman–Crippen LogP) is 0.533. The van der Waals surface area contributed by atoms with Gasteiger partial charge in [0.2, 0.25) is 0 Å². The number of esters is 1. The summed E-state index contributed by atoms with van der Waals surface area (Å²) < 4.78 is 4.47. The van der Waals surface area contributed by atoms with Gasteiger partial charge in [0.05, 0.1) is 7.11 Å². The Kier molecular flexibility index (Phi) is 4.03. The highest BCUT2D eigenvalue weighted by Crippen LogP contribution is 2.05. The van der Waals surface area contributed by atoms with E-state index in [9.17, 15) is 4.79 Å². The Balaban J connectivity index is 3.81. The molecule has 2 atom stereocenters. The molecule has 0 bridgehead atoms. The number of rotatable bonds is 3. The van der Waals surface area contributed by atoms with Gasteiger partial charge in [-0.3, -0.25) is 4.79 Å². The smallest absolute Gasteiger partial charge is 0.322 e. The number of hydrogen-bond acceptors (Lipinski definition) is 3. The lowest BCUT2D eigenvalue weighted by molar-refractivity contribution is -0.143. The summed E-state index contributed by atoms with van der Waals surface area (Å²) in [4.78, 5) is 10.8. The highest BCUT2D eigenvalue weighted by Gasteiger charge is 2.19. The van der Waals surface area contributed by atoms with Gasteiger partial charge in [-0.25, -0.2) is 0 Å². The van der Waals surface area contributed by atoms with Crippen molar-refractivity contribution in [2.45, 2.75) is 26.3 Å². The molecule has 0 spiro atoms. The lowest BCUT2D eigenvalue weighted by Crippen LogP contribution is -2.37. The molecule has 0 heterocycles. The normalized spacial score (nSPS) is 16.0. The van der Waals surface area contributed by atoms with Gasteiger partial charge >= 0.3 is 5.97 Å². The van der Waals surface area contributed by atoms with Gasteiger partial charge in [0, 0.05) is 0 Å². The summed E-state index contributed by atoms with van der Waals surface area (Å²) in [6.07, 6.45) is 0.899. The lowest BCUT2D eigenvalue weighted by Gasteiger charge is -2.14. The van der Waals surface area contributed by atoms with Crippen molar-refractivity contribution in [3.63, 3.8) is 0 Å². The van der Waals surface area contributed by atoms with Crippen molar-refractivity contribution in [3.8, 4) is 0 Å². The molecule has 0 unspecified atom stereocenters. The van der Waals surface area contributed by atoms with Gasteiger partial charge in [0.15, 0.2) is 0 Å². The second-order valence-electron chi connectivity index (χ2n) is 2.43. The average Bonchev–Trinajstić information content (AvgIpc) is 2.00. The van der Waals surface area contributed by atoms with Crippen molar-refractivity contribution >= 4 is 5.97 Å². The molecule has 0 aromatic carbocycles. The molecule has 0 radical (unpaired) electrons. The second kappa shape index (κ2) is 4.28. The number of methoxy groups -OCH3 is 1. The minimum atomic E-state index is -0.463. The second-order valence-corrected chi connectivity index (χ2v) is 2.43. The van der Waals surface area contributed by atoms with E-state index >= 15 is 0 Å². The molecule has 10 heavy (non-hydrogen) atoms. The zero-order chi connectivity index (χ0) is 8.15. The van der Waals surface area contributed by atoms with Crippen LogP contribution in [0.15, 0.2) is 0 Å². The fraction of sp³-hybridized carbons (Fsp3) is 0.857. The Bertz CT molecular complexity index is 114. The Morgan fingerprint density at radius 1 is 1.70 bits per heavy atom. The Morgan fingerprint density at radius 3 is 2.50 bits per heavy atom. The molecule has 0 aliphatic carbocycles. The van der Waals surface area contributed by atoms with Crippen LogP contribution in [0.5, 0.6) is 0 Å². The number of carbonyl (C=O) groups excluding carboxylic acids is 1. The van der Waals surface area contributed by atoms with Gasteiger partial charge < -0.3 is 10.5 Å². The van der Waals surface area contributed by atoms with Crippen LogP contribution in [-0.2, 0) is 9.53 Å². The molecule has 60 valence electrons. The van der Waals surface area contributed by atoms with Crippen molar-refractivity contribution in [3.05, 3.63) is 0 Å². The zero-order valence-electron chi connectivity index (χ0n) is 6.76. The summed E-state index contributed by atoms with van der Waals surface area (Å²) in [6.45, 7) is 3.93. The fourth-order valence-electron chi connectivity index (χ4n) is 0.622. The Labute approximate surface area is 61.5 Å². The molecule has 2 N–H and O–H groups in total. The number of hydrogen-bond donors (Lipinski definition) is 1. The fourth-order valence-corrected chi connectivity index (χ4v) is 0.622. The molecule has 0 aromatic heterocycles. The topological polar surface area (TPSA) is 52.3 Å². The highest BCUT2D eigenvalue weighted by atomic mass is 16.5. The van der Waals surface area contributed by atoms with Gasteiger partial charge in [-0.1, -0.05) is 20.3 Å². The Morgan fingerprint density at radius 2 is 2.20 bits per heavy atom. The molecular formula is C7H15NO2. The van der Waals surface area contributed by atoms with E-state index in [1.807, 2.05) is 13.8 Å². The quantitative estimate of drug-likeness (QED) is 0.589. The van der Waals surface area contributed by atoms with Gasteiger partial charge in [0.25, 0.3) is 0 Å². The predicted molar refractivity (Wildman–Crippen MR) is 39.4 cm³/mol. The molecule has 0 aromatic rings. The third-order valence-electron chi connectivity index (χ3n) is 1.73. The van der Waals surface area contributed by atoms with Crippen LogP contribution in [0, 0.1) is 5.92 Å². The van der Waals surface area contributed by atoms with Crippen LogP contribution in [0.2, 0.25) is 0 Å². The first kappa shape index (κ1) is 9.43. The van der Waals surface area contributed by atoms with Gasteiger partial charge in [-0.2, -0.15) is 0 Å². The first-order valence-corrected chi connectivity index (χ1v) is 3.46. The van der Waals surface area contributed by atoms with Crippen molar-refractivity contribution in [1.29, 1.82) is 0 Å². The van der Waals surface area contributed by atoms with E-state index < -0.39 is 6.04 Å². The average molecular weight is 145 g/mol. The molecule has 0 rings (SSSR count). The zero-order valence-corrected chi connectivity index (χ0v) is 6.76. The summed E-state index contributed by atoms with van der Waals surface area (Å²) in [5, 5.41) is 0. The molecule has 0 fully saturated rings. The maximum atomic E-state index is 10.8. The van der Waals surface area contributed by atoms with Gasteiger partial charge in [-0.05, 0) is 5.92 Å². The third kappa shape index (κ3) is 2.35. The van der Waals surface area contributed by atoms with Crippen LogP contribution in [-0.4, -0.2) is 19.1 Å². The first-order chi connectivity index (χ1) is 4.63. The van der Waals surface area contributed by atoms with E-state index in [4.69, 9.17) is 5.73 Å². The monoisotopic (exact) mass is 145 g/mol. The molecule has 0 aliphatic rings. The summed E-state index contributed by atoms with van der Waals surface area (Å²) in [5.74, 6) is -0.123. The van der Waals surface area contributed by atoms with E-state index in [0.29, 0.717) is 0 Å². The number of ether oxygens (including phenoxy) is 1. The first-order valence-electron chi connectivity index (χ1n) is 3.46. The van der Waals surface area contributed by atoms with Crippen molar-refractivity contribution in [1.82, 2.24) is 0 Å². The van der Waals surface area contributed by atoms with E-state index in [-0.39, 0.29) is 11.9 Å². The standard InChI is InChI=1S/C7H15NO2/c1-4-5(2)6(8)7(9)10-3/h5-6H,4,8H2,1-3H3/t5-,6-/m1/s1.